The Morgan fingerprint density at radius 1 is 0.739 bits per heavy atom. The van der Waals surface area contributed by atoms with Crippen LogP contribution < -0.4 is 4.74 Å². The first-order valence-corrected chi connectivity index (χ1v) is 9.39. The zero-order valence-corrected chi connectivity index (χ0v) is 14.7. The summed E-state index contributed by atoms with van der Waals surface area (Å²) in [6.45, 7) is 2.85. The first-order chi connectivity index (χ1) is 11.2. The molecule has 0 atom stereocenters. The van der Waals surface area contributed by atoms with E-state index in [-0.39, 0.29) is 11.5 Å². The zero-order valence-electron chi connectivity index (χ0n) is 14.7. The maximum atomic E-state index is 9.59. The van der Waals surface area contributed by atoms with Crippen molar-refractivity contribution in [3.8, 4) is 17.2 Å². The zero-order chi connectivity index (χ0) is 16.8. The van der Waals surface area contributed by atoms with Crippen LogP contribution in [-0.4, -0.2) is 16.8 Å². The van der Waals surface area contributed by atoms with Crippen molar-refractivity contribution in [1.29, 1.82) is 0 Å². The average Bonchev–Trinajstić information content (AvgIpc) is 2.55. The Bertz CT molecular complexity index is 404. The van der Waals surface area contributed by atoms with Crippen molar-refractivity contribution in [3.63, 3.8) is 0 Å². The molecule has 1 aromatic carbocycles. The molecule has 0 amide bonds. The number of phenolic OH excluding ortho intramolecular Hbond substituents is 2. The lowest BCUT2D eigenvalue weighted by Crippen LogP contribution is -1.97. The molecule has 0 radical (unpaired) electrons. The van der Waals surface area contributed by atoms with Gasteiger partial charge in [-0.25, -0.2) is 0 Å². The van der Waals surface area contributed by atoms with Gasteiger partial charge in [-0.2, -0.15) is 0 Å². The van der Waals surface area contributed by atoms with E-state index in [1.807, 2.05) is 0 Å². The van der Waals surface area contributed by atoms with E-state index in [1.54, 1.807) is 0 Å². The van der Waals surface area contributed by atoms with Crippen molar-refractivity contribution in [2.24, 2.45) is 0 Å². The van der Waals surface area contributed by atoms with Gasteiger partial charge in [0.15, 0.2) is 11.5 Å². The fraction of sp³-hybridized carbons (Fsp3) is 0.700. The Morgan fingerprint density at radius 2 is 1.26 bits per heavy atom. The number of hydrogen-bond donors (Lipinski definition) is 2. The highest BCUT2D eigenvalue weighted by Gasteiger charge is 2.03. The summed E-state index contributed by atoms with van der Waals surface area (Å²) in [6.07, 6.45) is 15.8. The van der Waals surface area contributed by atoms with Crippen LogP contribution in [0.1, 0.15) is 84.0 Å². The van der Waals surface area contributed by atoms with E-state index in [4.69, 9.17) is 4.74 Å². The van der Waals surface area contributed by atoms with Crippen LogP contribution in [0.5, 0.6) is 17.2 Å². The SMILES string of the molecule is CCCCCCCCCCCCCCOc1cc(O)ccc1O. The Balaban J connectivity index is 1.87. The third-order valence-electron chi connectivity index (χ3n) is 4.20. The van der Waals surface area contributed by atoms with Crippen LogP contribution in [0.2, 0.25) is 0 Å². The molecule has 0 unspecified atom stereocenters. The van der Waals surface area contributed by atoms with Gasteiger partial charge < -0.3 is 14.9 Å². The molecule has 0 fully saturated rings. The minimum Gasteiger partial charge on any atom is -0.508 e. The number of unbranched alkanes of at least 4 members (excludes halogenated alkanes) is 11. The van der Waals surface area contributed by atoms with Crippen molar-refractivity contribution >= 4 is 0 Å². The molecule has 1 rings (SSSR count). The molecule has 1 aromatic rings. The molecule has 2 N–H and O–H groups in total. The van der Waals surface area contributed by atoms with Gasteiger partial charge in [0.05, 0.1) is 6.61 Å². The Kier molecular flexibility index (Phi) is 11.2. The molecule has 0 aromatic heterocycles. The summed E-state index contributed by atoms with van der Waals surface area (Å²) in [4.78, 5) is 0. The van der Waals surface area contributed by atoms with Crippen LogP contribution in [0.25, 0.3) is 0 Å². The van der Waals surface area contributed by atoms with Crippen LogP contribution in [0.4, 0.5) is 0 Å². The fourth-order valence-electron chi connectivity index (χ4n) is 2.74. The van der Waals surface area contributed by atoms with Crippen LogP contribution >= 0.6 is 0 Å². The summed E-state index contributed by atoms with van der Waals surface area (Å²) in [5.41, 5.74) is 0. The molecule has 3 heteroatoms. The van der Waals surface area contributed by atoms with Crippen LogP contribution in [0, 0.1) is 0 Å². The molecular formula is C20H34O3. The van der Waals surface area contributed by atoms with E-state index in [2.05, 4.69) is 6.92 Å². The highest BCUT2D eigenvalue weighted by atomic mass is 16.5. The van der Waals surface area contributed by atoms with Crippen molar-refractivity contribution in [2.45, 2.75) is 84.0 Å². The predicted octanol–water partition coefficient (Wildman–Crippen LogP) is 6.18. The third-order valence-corrected chi connectivity index (χ3v) is 4.20. The maximum Gasteiger partial charge on any atom is 0.164 e. The minimum atomic E-state index is 0.0849. The normalized spacial score (nSPS) is 10.8. The average molecular weight is 322 g/mol. The lowest BCUT2D eigenvalue weighted by Gasteiger charge is -2.08. The summed E-state index contributed by atoms with van der Waals surface area (Å²) in [7, 11) is 0. The van der Waals surface area contributed by atoms with Crippen molar-refractivity contribution in [3.05, 3.63) is 18.2 Å². The molecule has 0 aliphatic carbocycles. The summed E-state index contributed by atoms with van der Waals surface area (Å²) in [5.74, 6) is 0.572. The van der Waals surface area contributed by atoms with Crippen LogP contribution in [-0.2, 0) is 0 Å². The van der Waals surface area contributed by atoms with Gasteiger partial charge in [-0.15, -0.1) is 0 Å². The Hall–Kier alpha value is -1.38. The quantitative estimate of drug-likeness (QED) is 0.318. The second-order valence-electron chi connectivity index (χ2n) is 6.39. The smallest absolute Gasteiger partial charge is 0.164 e. The molecule has 0 bridgehead atoms. The number of benzene rings is 1. The van der Waals surface area contributed by atoms with Crippen LogP contribution in [0.3, 0.4) is 0 Å². The molecule has 0 saturated carbocycles. The van der Waals surface area contributed by atoms with Gasteiger partial charge in [-0.1, -0.05) is 77.6 Å². The lowest BCUT2D eigenvalue weighted by atomic mass is 10.1. The highest BCUT2D eigenvalue weighted by molar-refractivity contribution is 5.43. The lowest BCUT2D eigenvalue weighted by molar-refractivity contribution is 0.287. The van der Waals surface area contributed by atoms with Crippen LogP contribution in [0.15, 0.2) is 18.2 Å². The molecule has 0 heterocycles. The maximum absolute atomic E-state index is 9.59. The summed E-state index contributed by atoms with van der Waals surface area (Å²) in [5, 5.41) is 18.9. The summed E-state index contributed by atoms with van der Waals surface area (Å²) in [6, 6.07) is 4.36. The van der Waals surface area contributed by atoms with E-state index in [9.17, 15) is 10.2 Å². The van der Waals surface area contributed by atoms with Gasteiger partial charge in [0.2, 0.25) is 0 Å². The molecule has 0 aliphatic rings. The number of aromatic hydroxyl groups is 2. The second-order valence-corrected chi connectivity index (χ2v) is 6.39. The number of ether oxygens (including phenoxy) is 1. The second kappa shape index (κ2) is 13.1. The molecule has 3 nitrogen and oxygen atoms in total. The molecule has 0 saturated heterocycles. The Labute approximate surface area is 141 Å². The molecule has 0 aliphatic heterocycles. The Morgan fingerprint density at radius 3 is 1.83 bits per heavy atom. The van der Waals surface area contributed by atoms with Gasteiger partial charge in [-0.3, -0.25) is 0 Å². The summed E-state index contributed by atoms with van der Waals surface area (Å²) < 4.78 is 5.50. The first-order valence-electron chi connectivity index (χ1n) is 9.39. The number of hydrogen-bond acceptors (Lipinski definition) is 3. The molecule has 132 valence electrons. The van der Waals surface area contributed by atoms with Gasteiger partial charge in [0.25, 0.3) is 0 Å². The van der Waals surface area contributed by atoms with Crippen molar-refractivity contribution < 1.29 is 14.9 Å². The summed E-state index contributed by atoms with van der Waals surface area (Å²) >= 11 is 0. The van der Waals surface area contributed by atoms with E-state index >= 15 is 0 Å². The highest BCUT2D eigenvalue weighted by Crippen LogP contribution is 2.29. The van der Waals surface area contributed by atoms with Gasteiger partial charge >= 0.3 is 0 Å². The van der Waals surface area contributed by atoms with Crippen molar-refractivity contribution in [2.75, 3.05) is 6.61 Å². The topological polar surface area (TPSA) is 49.7 Å². The van der Waals surface area contributed by atoms with Gasteiger partial charge in [-0.05, 0) is 18.6 Å². The van der Waals surface area contributed by atoms with Gasteiger partial charge in [0, 0.05) is 6.07 Å². The molecule has 0 spiro atoms. The molecular weight excluding hydrogens is 288 g/mol. The number of rotatable bonds is 14. The van der Waals surface area contributed by atoms with Gasteiger partial charge in [0.1, 0.15) is 5.75 Å². The largest absolute Gasteiger partial charge is 0.508 e. The monoisotopic (exact) mass is 322 g/mol. The first kappa shape index (κ1) is 19.7. The van der Waals surface area contributed by atoms with E-state index in [0.29, 0.717) is 12.4 Å². The molecule has 23 heavy (non-hydrogen) atoms. The van der Waals surface area contributed by atoms with E-state index < -0.39 is 0 Å². The fourth-order valence-corrected chi connectivity index (χ4v) is 2.74. The third kappa shape index (κ3) is 10.1. The van der Waals surface area contributed by atoms with Crippen molar-refractivity contribution in [1.82, 2.24) is 0 Å². The number of phenols is 2. The predicted molar refractivity (Wildman–Crippen MR) is 96.3 cm³/mol. The standard InChI is InChI=1S/C20H34O3/c1-2-3-4-5-6-7-8-9-10-11-12-13-16-23-20-17-18(21)14-15-19(20)22/h14-15,17,21-22H,2-13,16H2,1H3. The minimum absolute atomic E-state index is 0.0849. The van der Waals surface area contributed by atoms with E-state index in [1.165, 1.54) is 82.4 Å². The van der Waals surface area contributed by atoms with E-state index in [0.717, 1.165) is 12.8 Å².